The van der Waals surface area contributed by atoms with Gasteiger partial charge in [-0.2, -0.15) is 4.98 Å². The van der Waals surface area contributed by atoms with E-state index in [4.69, 9.17) is 21.2 Å². The number of hydrogen-bond donors (Lipinski definition) is 4. The summed E-state index contributed by atoms with van der Waals surface area (Å²) in [7, 11) is 0. The van der Waals surface area contributed by atoms with Crippen molar-refractivity contribution in [3.63, 3.8) is 0 Å². The number of nitrogen functional groups attached to an aromatic ring is 1. The summed E-state index contributed by atoms with van der Waals surface area (Å²) < 4.78 is 5.51. The molecule has 206 valence electrons. The van der Waals surface area contributed by atoms with E-state index in [-0.39, 0.29) is 11.8 Å². The molecule has 39 heavy (non-hydrogen) atoms. The van der Waals surface area contributed by atoms with E-state index < -0.39 is 5.60 Å². The summed E-state index contributed by atoms with van der Waals surface area (Å²) in [5.74, 6) is 2.12. The highest BCUT2D eigenvalue weighted by Crippen LogP contribution is 2.32. The number of phenolic OH excluding ortho intramolecular Hbond substituents is 1. The van der Waals surface area contributed by atoms with Gasteiger partial charge in [0.2, 0.25) is 5.95 Å². The van der Waals surface area contributed by atoms with E-state index in [1.807, 2.05) is 39.0 Å². The van der Waals surface area contributed by atoms with Crippen molar-refractivity contribution < 1.29 is 14.6 Å². The number of aromatic nitrogens is 3. The van der Waals surface area contributed by atoms with Crippen molar-refractivity contribution in [1.82, 2.24) is 19.9 Å². The molecule has 2 aliphatic heterocycles. The Morgan fingerprint density at radius 3 is 2.56 bits per heavy atom. The number of hydrogen-bond acceptors (Lipinski definition) is 9. The van der Waals surface area contributed by atoms with Gasteiger partial charge < -0.3 is 41.0 Å². The molecule has 4 heterocycles. The van der Waals surface area contributed by atoms with E-state index in [0.717, 1.165) is 35.6 Å². The van der Waals surface area contributed by atoms with Crippen LogP contribution in [0.5, 0.6) is 5.75 Å². The first-order chi connectivity index (χ1) is 18.6. The summed E-state index contributed by atoms with van der Waals surface area (Å²) in [5, 5.41) is 10.2. The van der Waals surface area contributed by atoms with Crippen molar-refractivity contribution in [2.75, 3.05) is 48.3 Å². The zero-order valence-corrected chi connectivity index (χ0v) is 22.6. The Labute approximate surface area is 228 Å². The molecular weight excluding hydrogens is 496 g/mol. The van der Waals surface area contributed by atoms with Crippen molar-refractivity contribution in [2.24, 2.45) is 5.73 Å². The number of para-hydroxylation sites is 1. The second-order valence-electron chi connectivity index (χ2n) is 10.9. The van der Waals surface area contributed by atoms with Gasteiger partial charge in [0.15, 0.2) is 0 Å². The summed E-state index contributed by atoms with van der Waals surface area (Å²) in [6, 6.07) is 8.86. The highest BCUT2D eigenvalue weighted by molar-refractivity contribution is 5.86. The average Bonchev–Trinajstić information content (AvgIpc) is 3.22. The van der Waals surface area contributed by atoms with Crippen LogP contribution in [0.2, 0.25) is 0 Å². The molecule has 0 unspecified atom stereocenters. The molecule has 2 aliphatic rings. The van der Waals surface area contributed by atoms with E-state index in [1.165, 1.54) is 0 Å². The van der Waals surface area contributed by atoms with Crippen LogP contribution in [0.3, 0.4) is 0 Å². The molecule has 11 nitrogen and oxygen atoms in total. The van der Waals surface area contributed by atoms with E-state index in [9.17, 15) is 9.90 Å². The highest BCUT2D eigenvalue weighted by Gasteiger charge is 2.28. The molecule has 6 N–H and O–H groups in total. The van der Waals surface area contributed by atoms with Crippen LogP contribution >= 0.6 is 0 Å². The molecule has 0 radical (unpaired) electrons. The Hall–Kier alpha value is -4.41. The van der Waals surface area contributed by atoms with Crippen molar-refractivity contribution in [3.05, 3.63) is 58.9 Å². The minimum absolute atomic E-state index is 0.119. The van der Waals surface area contributed by atoms with Crippen LogP contribution in [0.1, 0.15) is 43.2 Å². The standard InChI is InChI=1S/C28H36N8O3/c1-28(2,3)39-27(38)35-14-12-34(13-15-35)24-8-10-31-26(33-24)36-11-9-22-20(17-36)19(25(30)32-22)16-21(29)18-6-4-5-7-23(18)37/h4-8,10,16,32,37H,9,11-15,17,29-30H2,1-3H3/b21-16-. The molecular formula is C28H36N8O3. The lowest BCUT2D eigenvalue weighted by Crippen LogP contribution is -2.50. The van der Waals surface area contributed by atoms with Crippen LogP contribution in [-0.4, -0.2) is 69.4 Å². The van der Waals surface area contributed by atoms with Gasteiger partial charge in [-0.15, -0.1) is 0 Å². The van der Waals surface area contributed by atoms with Gasteiger partial charge in [0, 0.05) is 80.0 Å². The Morgan fingerprint density at radius 2 is 1.85 bits per heavy atom. The lowest BCUT2D eigenvalue weighted by atomic mass is 10.0. The van der Waals surface area contributed by atoms with Gasteiger partial charge in [-0.25, -0.2) is 9.78 Å². The minimum Gasteiger partial charge on any atom is -0.507 e. The number of nitrogens with two attached hydrogens (primary N) is 2. The number of benzene rings is 1. The number of phenols is 1. The third-order valence-electron chi connectivity index (χ3n) is 6.93. The third kappa shape index (κ3) is 5.71. The quantitative estimate of drug-likeness (QED) is 0.397. The molecule has 0 bridgehead atoms. The molecule has 1 fully saturated rings. The first kappa shape index (κ1) is 26.2. The first-order valence-corrected chi connectivity index (χ1v) is 13.1. The highest BCUT2D eigenvalue weighted by atomic mass is 16.6. The molecule has 1 aromatic carbocycles. The Balaban J connectivity index is 1.30. The fourth-order valence-corrected chi connectivity index (χ4v) is 4.94. The smallest absolute Gasteiger partial charge is 0.410 e. The molecule has 5 rings (SSSR count). The van der Waals surface area contributed by atoms with Gasteiger partial charge in [0.1, 0.15) is 23.0 Å². The average molecular weight is 533 g/mol. The lowest BCUT2D eigenvalue weighted by Gasteiger charge is -2.36. The molecule has 0 spiro atoms. The molecule has 11 heteroatoms. The third-order valence-corrected chi connectivity index (χ3v) is 6.93. The van der Waals surface area contributed by atoms with Crippen LogP contribution in [0.25, 0.3) is 11.8 Å². The predicted molar refractivity (Wildman–Crippen MR) is 152 cm³/mol. The van der Waals surface area contributed by atoms with Crippen LogP contribution < -0.4 is 21.3 Å². The maximum Gasteiger partial charge on any atom is 0.410 e. The van der Waals surface area contributed by atoms with E-state index in [0.29, 0.717) is 55.8 Å². The number of anilines is 3. The Kier molecular flexibility index (Phi) is 6.98. The Morgan fingerprint density at radius 1 is 1.10 bits per heavy atom. The molecule has 1 saturated heterocycles. The molecule has 3 aromatic rings. The second kappa shape index (κ2) is 10.4. The number of nitrogens with one attached hydrogen (secondary N) is 1. The number of ether oxygens (including phenoxy) is 1. The van der Waals surface area contributed by atoms with Crippen LogP contribution in [0, 0.1) is 0 Å². The van der Waals surface area contributed by atoms with Crippen molar-refractivity contribution in [2.45, 2.75) is 39.3 Å². The van der Waals surface area contributed by atoms with Gasteiger partial charge in [-0.3, -0.25) is 0 Å². The number of carbonyl (C=O) groups is 1. The summed E-state index contributed by atoms with van der Waals surface area (Å²) >= 11 is 0. The predicted octanol–water partition coefficient (Wildman–Crippen LogP) is 3.17. The maximum atomic E-state index is 12.4. The van der Waals surface area contributed by atoms with Crippen LogP contribution in [-0.2, 0) is 17.7 Å². The minimum atomic E-state index is -0.515. The van der Waals surface area contributed by atoms with Gasteiger partial charge in [0.25, 0.3) is 0 Å². The first-order valence-electron chi connectivity index (χ1n) is 13.1. The summed E-state index contributed by atoms with van der Waals surface area (Å²) in [6.45, 7) is 9.38. The number of carbonyl (C=O) groups excluding carboxylic acids is 1. The summed E-state index contributed by atoms with van der Waals surface area (Å²) in [5.41, 5.74) is 16.1. The molecule has 1 amide bonds. The zero-order chi connectivity index (χ0) is 27.7. The fraction of sp³-hybridized carbons (Fsp3) is 0.393. The number of rotatable bonds is 4. The number of aromatic hydroxyl groups is 1. The fourth-order valence-electron chi connectivity index (χ4n) is 4.94. The van der Waals surface area contributed by atoms with Crippen molar-refractivity contribution in [3.8, 4) is 5.75 Å². The zero-order valence-electron chi connectivity index (χ0n) is 22.6. The van der Waals surface area contributed by atoms with Crippen molar-refractivity contribution >= 4 is 35.5 Å². The maximum absolute atomic E-state index is 12.4. The molecule has 2 aromatic heterocycles. The Bertz CT molecular complexity index is 1390. The number of nitrogens with zero attached hydrogens (tertiary/aromatic N) is 5. The second-order valence-corrected chi connectivity index (χ2v) is 10.9. The van der Waals surface area contributed by atoms with Crippen LogP contribution in [0.4, 0.5) is 22.4 Å². The topological polar surface area (TPSA) is 150 Å². The number of H-pyrrole nitrogens is 1. The summed E-state index contributed by atoms with van der Waals surface area (Å²) in [6.07, 6.45) is 4.06. The lowest BCUT2D eigenvalue weighted by molar-refractivity contribution is 0.0240. The van der Waals surface area contributed by atoms with E-state index in [2.05, 4.69) is 19.8 Å². The van der Waals surface area contributed by atoms with Gasteiger partial charge in [-0.1, -0.05) is 12.1 Å². The molecule has 0 saturated carbocycles. The largest absolute Gasteiger partial charge is 0.507 e. The van der Waals surface area contributed by atoms with E-state index in [1.54, 1.807) is 29.3 Å². The SMILES string of the molecule is CC(C)(C)OC(=O)N1CCN(c2ccnc(N3CCc4[nH]c(N)c(/C=C(\N)c5ccccc5O)c4C3)n2)CC1. The van der Waals surface area contributed by atoms with Crippen molar-refractivity contribution in [1.29, 1.82) is 0 Å². The number of aromatic amines is 1. The number of piperazine rings is 1. The number of fused-ring (bicyclic) bond motifs is 1. The molecule has 0 atom stereocenters. The number of amides is 1. The normalized spacial score (nSPS) is 16.3. The van der Waals surface area contributed by atoms with E-state index >= 15 is 0 Å². The van der Waals surface area contributed by atoms with Crippen LogP contribution in [0.15, 0.2) is 36.5 Å². The molecule has 0 aliphatic carbocycles. The summed E-state index contributed by atoms with van der Waals surface area (Å²) in [4.78, 5) is 31.2. The van der Waals surface area contributed by atoms with Gasteiger partial charge in [0.05, 0.1) is 0 Å². The van der Waals surface area contributed by atoms with Gasteiger partial charge in [-0.05, 0) is 45.0 Å². The van der Waals surface area contributed by atoms with Gasteiger partial charge >= 0.3 is 6.09 Å². The monoisotopic (exact) mass is 532 g/mol.